The van der Waals surface area contributed by atoms with Crippen LogP contribution in [-0.2, 0) is 20.9 Å². The van der Waals surface area contributed by atoms with Gasteiger partial charge >= 0.3 is 0 Å². The normalized spacial score (nSPS) is 29.5. The first-order valence-electron chi connectivity index (χ1n) is 16.2. The van der Waals surface area contributed by atoms with Crippen LogP contribution in [0.5, 0.6) is 5.75 Å². The molecule has 4 saturated carbocycles. The van der Waals surface area contributed by atoms with Gasteiger partial charge < -0.3 is 19.9 Å². The van der Waals surface area contributed by atoms with E-state index < -0.39 is 0 Å². The molecule has 3 amide bonds. The van der Waals surface area contributed by atoms with Gasteiger partial charge in [0.15, 0.2) is 0 Å². The van der Waals surface area contributed by atoms with Crippen LogP contribution in [0.2, 0.25) is 5.02 Å². The second-order valence-electron chi connectivity index (χ2n) is 14.0. The lowest BCUT2D eigenvalue weighted by Gasteiger charge is -2.56. The summed E-state index contributed by atoms with van der Waals surface area (Å²) in [6, 6.07) is 5.80. The molecule has 4 bridgehead atoms. The third-order valence-electron chi connectivity index (χ3n) is 10.8. The highest BCUT2D eigenvalue weighted by Gasteiger charge is 2.51. The van der Waals surface area contributed by atoms with Gasteiger partial charge in [-0.1, -0.05) is 11.6 Å². The van der Waals surface area contributed by atoms with E-state index in [1.54, 1.807) is 6.92 Å². The maximum atomic E-state index is 13.0. The number of carbonyl (C=O) groups excluding carboxylic acids is 3. The molecule has 1 aromatic rings. The van der Waals surface area contributed by atoms with Gasteiger partial charge in [0.25, 0.3) is 0 Å². The fourth-order valence-corrected chi connectivity index (χ4v) is 9.22. The lowest BCUT2D eigenvalue weighted by Crippen LogP contribution is -2.51. The van der Waals surface area contributed by atoms with Crippen LogP contribution in [0.15, 0.2) is 18.2 Å². The highest BCUT2D eigenvalue weighted by molar-refractivity contribution is 6.30. The van der Waals surface area contributed by atoms with Crippen molar-refractivity contribution >= 4 is 29.3 Å². The Balaban J connectivity index is 0.932. The van der Waals surface area contributed by atoms with E-state index in [-0.39, 0.29) is 29.7 Å². The average molecular weight is 599 g/mol. The molecule has 4 aliphatic carbocycles. The number of piperidine rings is 1. The lowest BCUT2D eigenvalue weighted by molar-refractivity contribution is -0.136. The zero-order valence-corrected chi connectivity index (χ0v) is 25.9. The second-order valence-corrected chi connectivity index (χ2v) is 14.5. The van der Waals surface area contributed by atoms with E-state index in [0.29, 0.717) is 43.6 Å². The Morgan fingerprint density at radius 2 is 1.57 bits per heavy atom. The number of amides is 3. The predicted molar refractivity (Wildman–Crippen MR) is 162 cm³/mol. The molecule has 230 valence electrons. The highest BCUT2D eigenvalue weighted by Crippen LogP contribution is 2.61. The highest BCUT2D eigenvalue weighted by atomic mass is 35.5. The third-order valence-corrected chi connectivity index (χ3v) is 11.0. The number of halogens is 1. The molecule has 0 atom stereocenters. The van der Waals surface area contributed by atoms with E-state index in [9.17, 15) is 14.4 Å². The summed E-state index contributed by atoms with van der Waals surface area (Å²) in [5, 5.41) is 3.66. The Labute approximate surface area is 255 Å². The van der Waals surface area contributed by atoms with Crippen molar-refractivity contribution in [3.63, 3.8) is 0 Å². The van der Waals surface area contributed by atoms with Crippen LogP contribution in [0.3, 0.4) is 0 Å². The summed E-state index contributed by atoms with van der Waals surface area (Å²) in [4.78, 5) is 43.6. The van der Waals surface area contributed by atoms with Gasteiger partial charge in [0.1, 0.15) is 5.75 Å². The van der Waals surface area contributed by atoms with Crippen LogP contribution in [-0.4, -0.2) is 84.8 Å². The summed E-state index contributed by atoms with van der Waals surface area (Å²) in [6.07, 6.45) is 10.3. The molecule has 0 spiro atoms. The number of carbonyl (C=O) groups is 3. The van der Waals surface area contributed by atoms with Gasteiger partial charge in [-0.2, -0.15) is 0 Å². The fraction of sp³-hybridized carbons (Fsp3) is 0.727. The van der Waals surface area contributed by atoms with Crippen molar-refractivity contribution in [1.82, 2.24) is 20.0 Å². The molecule has 2 heterocycles. The average Bonchev–Trinajstić information content (AvgIpc) is 2.95. The smallest absolute Gasteiger partial charge is 0.242 e. The molecule has 2 saturated heterocycles. The van der Waals surface area contributed by atoms with Crippen molar-refractivity contribution in [3.05, 3.63) is 28.8 Å². The lowest BCUT2D eigenvalue weighted by atomic mass is 9.49. The molecule has 42 heavy (non-hydrogen) atoms. The number of piperazine rings is 1. The summed E-state index contributed by atoms with van der Waals surface area (Å²) in [5.74, 6) is 3.99. The second kappa shape index (κ2) is 12.7. The number of ether oxygens (including phenoxy) is 1. The van der Waals surface area contributed by atoms with Crippen LogP contribution in [0, 0.1) is 29.1 Å². The number of hydrogen-bond acceptors (Lipinski definition) is 5. The molecule has 2 aliphatic heterocycles. The molecular formula is C33H47ClN4O4. The summed E-state index contributed by atoms with van der Waals surface area (Å²) in [6.45, 7) is 7.50. The summed E-state index contributed by atoms with van der Waals surface area (Å²) in [7, 11) is 0. The Morgan fingerprint density at radius 1 is 0.929 bits per heavy atom. The maximum Gasteiger partial charge on any atom is 0.242 e. The molecule has 9 heteroatoms. The Kier molecular flexibility index (Phi) is 9.01. The van der Waals surface area contributed by atoms with E-state index in [1.165, 1.54) is 38.5 Å². The Bertz CT molecular complexity index is 1120. The largest absolute Gasteiger partial charge is 0.493 e. The predicted octanol–water partition coefficient (Wildman–Crippen LogP) is 4.34. The number of likely N-dealkylation sites (tertiary alicyclic amines) is 1. The molecule has 0 radical (unpaired) electrons. The van der Waals surface area contributed by atoms with Gasteiger partial charge in [-0.05, 0) is 98.7 Å². The van der Waals surface area contributed by atoms with Crippen LogP contribution in [0.25, 0.3) is 0 Å². The summed E-state index contributed by atoms with van der Waals surface area (Å²) in [5.41, 5.74) is 1.25. The van der Waals surface area contributed by atoms with E-state index in [0.717, 1.165) is 68.1 Å². The monoisotopic (exact) mass is 598 g/mol. The van der Waals surface area contributed by atoms with Crippen LogP contribution in [0.4, 0.5) is 0 Å². The molecule has 6 fully saturated rings. The van der Waals surface area contributed by atoms with Crippen molar-refractivity contribution in [2.75, 3.05) is 52.4 Å². The van der Waals surface area contributed by atoms with Crippen molar-refractivity contribution in [2.45, 2.75) is 71.3 Å². The first-order valence-corrected chi connectivity index (χ1v) is 16.5. The third kappa shape index (κ3) is 7.07. The van der Waals surface area contributed by atoms with Crippen molar-refractivity contribution < 1.29 is 19.1 Å². The summed E-state index contributed by atoms with van der Waals surface area (Å²) < 4.78 is 6.28. The SMILES string of the molecule is CC(=O)N1CCC(COc2ccc(Cl)cc2CN2CCN(C(=O)CNC(=O)CC34CC5CC(CC(C5)C3)C4)CC2)CC1. The zero-order chi connectivity index (χ0) is 29.3. The molecule has 1 aromatic carbocycles. The number of nitrogens with zero attached hydrogens (tertiary/aromatic N) is 3. The van der Waals surface area contributed by atoms with Crippen LogP contribution >= 0.6 is 11.6 Å². The Morgan fingerprint density at radius 3 is 2.19 bits per heavy atom. The van der Waals surface area contributed by atoms with Gasteiger partial charge in [0, 0.05) is 69.7 Å². The van der Waals surface area contributed by atoms with Crippen molar-refractivity contribution in [3.8, 4) is 5.75 Å². The van der Waals surface area contributed by atoms with Crippen LogP contribution < -0.4 is 10.1 Å². The van der Waals surface area contributed by atoms with E-state index in [1.807, 2.05) is 28.0 Å². The van der Waals surface area contributed by atoms with Gasteiger partial charge in [0.2, 0.25) is 17.7 Å². The van der Waals surface area contributed by atoms with Crippen molar-refractivity contribution in [2.24, 2.45) is 29.1 Å². The van der Waals surface area contributed by atoms with E-state index >= 15 is 0 Å². The fourth-order valence-electron chi connectivity index (χ4n) is 9.03. The first kappa shape index (κ1) is 29.7. The molecule has 0 unspecified atom stereocenters. The van der Waals surface area contributed by atoms with Crippen LogP contribution in [0.1, 0.15) is 70.3 Å². The molecule has 1 N–H and O–H groups in total. The number of rotatable bonds is 9. The number of hydrogen-bond donors (Lipinski definition) is 1. The van der Waals surface area contributed by atoms with Gasteiger partial charge in [0.05, 0.1) is 13.2 Å². The molecule has 0 aromatic heterocycles. The van der Waals surface area contributed by atoms with Crippen molar-refractivity contribution in [1.29, 1.82) is 0 Å². The first-order chi connectivity index (χ1) is 20.2. The molecule has 7 rings (SSSR count). The Hall–Kier alpha value is -2.32. The quantitative estimate of drug-likeness (QED) is 0.457. The van der Waals surface area contributed by atoms with Gasteiger partial charge in [-0.25, -0.2) is 0 Å². The van der Waals surface area contributed by atoms with E-state index in [4.69, 9.17) is 16.3 Å². The minimum absolute atomic E-state index is 0.0103. The van der Waals surface area contributed by atoms with Gasteiger partial charge in [-0.3, -0.25) is 19.3 Å². The topological polar surface area (TPSA) is 82.2 Å². The standard InChI is InChI=1S/C33H47ClN4O4/c1-23(39)37-6-4-24(5-7-37)22-42-30-3-2-29(34)15-28(30)21-36-8-10-38(11-9-36)32(41)20-35-31(40)19-33-16-25-12-26(17-33)14-27(13-25)18-33/h2-3,15,24-27H,4-14,16-22H2,1H3,(H,35,40). The molecule has 6 aliphatic rings. The maximum absolute atomic E-state index is 13.0. The van der Waals surface area contributed by atoms with Gasteiger partial charge in [-0.15, -0.1) is 0 Å². The number of nitrogens with one attached hydrogen (secondary N) is 1. The minimum atomic E-state index is 0.0103. The zero-order valence-electron chi connectivity index (χ0n) is 25.1. The minimum Gasteiger partial charge on any atom is -0.493 e. The van der Waals surface area contributed by atoms with E-state index in [2.05, 4.69) is 10.2 Å². The molecular weight excluding hydrogens is 552 g/mol. The number of benzene rings is 1. The summed E-state index contributed by atoms with van der Waals surface area (Å²) >= 11 is 6.35. The molecule has 8 nitrogen and oxygen atoms in total.